The van der Waals surface area contributed by atoms with Gasteiger partial charge < -0.3 is 22.9 Å². The Kier molecular flexibility index (Phi) is 4.99. The molecule has 176 valence electrons. The van der Waals surface area contributed by atoms with Gasteiger partial charge in [0.05, 0.1) is 91.3 Å². The summed E-state index contributed by atoms with van der Waals surface area (Å²) in [7, 11) is 0. The third-order valence-electron chi connectivity index (χ3n) is 5.54. The van der Waals surface area contributed by atoms with Crippen molar-refractivity contribution in [2.45, 2.75) is 0 Å². The molecule has 0 spiro atoms. The molecular formula is C24H20N12. The highest BCUT2D eigenvalue weighted by molar-refractivity contribution is 6.54. The van der Waals surface area contributed by atoms with E-state index < -0.39 is 0 Å². The van der Waals surface area contributed by atoms with Gasteiger partial charge in [-0.3, -0.25) is 21.6 Å². The minimum absolute atomic E-state index is 0.0411. The highest BCUT2D eigenvalue weighted by Crippen LogP contribution is 2.23. The van der Waals surface area contributed by atoms with Crippen LogP contribution in [0.4, 0.5) is 0 Å². The van der Waals surface area contributed by atoms with Crippen molar-refractivity contribution in [3.05, 3.63) is 94.2 Å². The molecule has 1 heterocycles. The van der Waals surface area contributed by atoms with Crippen molar-refractivity contribution in [2.24, 2.45) is 42.9 Å². The number of aliphatic imine (C=N–C) groups is 4. The van der Waals surface area contributed by atoms with Crippen molar-refractivity contribution in [1.29, 1.82) is 21.6 Å². The van der Waals surface area contributed by atoms with Crippen molar-refractivity contribution in [1.82, 2.24) is 0 Å². The minimum atomic E-state index is 0.0411. The quantitative estimate of drug-likeness (QED) is 0.236. The van der Waals surface area contributed by atoms with Crippen LogP contribution in [0.3, 0.4) is 0 Å². The van der Waals surface area contributed by atoms with E-state index in [1.807, 2.05) is 0 Å². The first kappa shape index (κ1) is 22.3. The largest absolute Gasteiger partial charge is 0.397 e. The topological polar surface area (TPSA) is 249 Å². The molecule has 8 bridgehead atoms. The highest BCUT2D eigenvalue weighted by Gasteiger charge is 2.23. The van der Waals surface area contributed by atoms with Gasteiger partial charge in [0.15, 0.2) is 0 Å². The Balaban J connectivity index is 1.80. The lowest BCUT2D eigenvalue weighted by atomic mass is 10.0. The van der Waals surface area contributed by atoms with Gasteiger partial charge in [-0.2, -0.15) is 0 Å². The molecule has 0 aromatic heterocycles. The standard InChI is InChI=1S/C24H20N12/c25-9-1-10(26)18-5-17(9)33-19-6-21(13(29)2-11(19)27)35-23-8-24(16(32)4-15(23)31)36-22-7-20(34-18)12(28)3-14(22)30/h1-8,25,28-29,32H,26-27,30-31H2. The van der Waals surface area contributed by atoms with Crippen LogP contribution < -0.4 is 22.9 Å². The van der Waals surface area contributed by atoms with Crippen molar-refractivity contribution in [3.8, 4) is 0 Å². The normalized spacial score (nSPS) is 21.8. The third-order valence-corrected chi connectivity index (χ3v) is 5.54. The average molecular weight is 477 g/mol. The molecule has 1 aliphatic heterocycles. The number of nitrogens with one attached hydrogen (secondary N) is 4. The molecule has 0 fully saturated rings. The maximum Gasteiger partial charge on any atom is 0.0910 e. The lowest BCUT2D eigenvalue weighted by Gasteiger charge is -2.18. The van der Waals surface area contributed by atoms with Crippen molar-refractivity contribution >= 4 is 45.7 Å². The maximum absolute atomic E-state index is 8.32. The van der Waals surface area contributed by atoms with Crippen LogP contribution in [0, 0.1) is 21.6 Å². The van der Waals surface area contributed by atoms with Crippen LogP contribution in [0.25, 0.3) is 0 Å². The van der Waals surface area contributed by atoms with E-state index in [1.54, 1.807) is 0 Å². The molecule has 0 saturated carbocycles. The molecule has 0 saturated heterocycles. The van der Waals surface area contributed by atoms with Gasteiger partial charge in [0.1, 0.15) is 0 Å². The molecular weight excluding hydrogens is 456 g/mol. The first-order chi connectivity index (χ1) is 17.1. The summed E-state index contributed by atoms with van der Waals surface area (Å²) in [5.74, 6) is 0. The zero-order valence-corrected chi connectivity index (χ0v) is 18.7. The summed E-state index contributed by atoms with van der Waals surface area (Å²) in [6.07, 6.45) is 11.7. The fourth-order valence-electron chi connectivity index (χ4n) is 3.65. The van der Waals surface area contributed by atoms with Gasteiger partial charge in [-0.25, -0.2) is 20.0 Å². The summed E-state index contributed by atoms with van der Waals surface area (Å²) in [6.45, 7) is 0. The SMILES string of the molecule is N=C1C=C(N)C2=CC1=NC1=CC(=NC3=CC(=NC4=CC(=N2)C(=N)C=C4N)C(=N)C=C3N)C(=N)C=C1N. The summed E-state index contributed by atoms with van der Waals surface area (Å²) in [4.78, 5) is 18.0. The molecule has 36 heavy (non-hydrogen) atoms. The van der Waals surface area contributed by atoms with E-state index in [0.717, 1.165) is 0 Å². The Bertz CT molecular complexity index is 1360. The van der Waals surface area contributed by atoms with Crippen LogP contribution in [0.2, 0.25) is 0 Å². The Labute approximate surface area is 204 Å². The van der Waals surface area contributed by atoms with Gasteiger partial charge in [0.25, 0.3) is 0 Å². The van der Waals surface area contributed by atoms with E-state index in [9.17, 15) is 0 Å². The molecule has 0 aromatic rings. The summed E-state index contributed by atoms with van der Waals surface area (Å²) in [5, 5.41) is 33.3. The molecule has 4 aliphatic carbocycles. The van der Waals surface area contributed by atoms with Crippen LogP contribution in [-0.4, -0.2) is 45.7 Å². The van der Waals surface area contributed by atoms with Gasteiger partial charge in [0, 0.05) is 0 Å². The molecule has 0 amide bonds. The number of hydrogen-bond acceptors (Lipinski definition) is 12. The lowest BCUT2D eigenvalue weighted by molar-refractivity contribution is 1.20. The van der Waals surface area contributed by atoms with Gasteiger partial charge in [0.2, 0.25) is 0 Å². The van der Waals surface area contributed by atoms with E-state index in [2.05, 4.69) is 20.0 Å². The van der Waals surface area contributed by atoms with Crippen LogP contribution >= 0.6 is 0 Å². The third kappa shape index (κ3) is 3.88. The first-order valence-corrected chi connectivity index (χ1v) is 10.6. The van der Waals surface area contributed by atoms with Crippen LogP contribution in [0.1, 0.15) is 0 Å². The van der Waals surface area contributed by atoms with Gasteiger partial charge >= 0.3 is 0 Å². The van der Waals surface area contributed by atoms with E-state index >= 15 is 0 Å². The van der Waals surface area contributed by atoms with E-state index in [0.29, 0.717) is 0 Å². The van der Waals surface area contributed by atoms with E-state index in [4.69, 9.17) is 44.6 Å². The summed E-state index contributed by atoms with van der Waals surface area (Å²) >= 11 is 0. The Morgan fingerprint density at radius 3 is 0.750 bits per heavy atom. The molecule has 0 aromatic carbocycles. The maximum atomic E-state index is 8.32. The number of nitrogens with two attached hydrogens (primary N) is 4. The summed E-state index contributed by atoms with van der Waals surface area (Å²) in [6, 6.07) is 0. The summed E-state index contributed by atoms with van der Waals surface area (Å²) < 4.78 is 0. The van der Waals surface area contributed by atoms with Crippen LogP contribution in [0.5, 0.6) is 0 Å². The smallest absolute Gasteiger partial charge is 0.0910 e. The van der Waals surface area contributed by atoms with Crippen LogP contribution in [-0.2, 0) is 0 Å². The minimum Gasteiger partial charge on any atom is -0.397 e. The zero-order chi connectivity index (χ0) is 25.7. The van der Waals surface area contributed by atoms with Crippen molar-refractivity contribution in [2.75, 3.05) is 0 Å². The molecule has 12 nitrogen and oxygen atoms in total. The fraction of sp³-hybridized carbons (Fsp3) is 0. The lowest BCUT2D eigenvalue weighted by Crippen LogP contribution is -2.24. The fourth-order valence-corrected chi connectivity index (χ4v) is 3.65. The van der Waals surface area contributed by atoms with Gasteiger partial charge in [-0.15, -0.1) is 0 Å². The number of nitrogens with zero attached hydrogens (tertiary/aromatic N) is 4. The predicted molar refractivity (Wildman–Crippen MR) is 142 cm³/mol. The average Bonchev–Trinajstić information content (AvgIpc) is 2.79. The number of hydrogen-bond donors (Lipinski definition) is 8. The van der Waals surface area contributed by atoms with Crippen molar-refractivity contribution in [3.63, 3.8) is 0 Å². The number of rotatable bonds is 0. The molecule has 12 N–H and O–H groups in total. The summed E-state index contributed by atoms with van der Waals surface area (Å²) in [5.41, 5.74) is 27.6. The van der Waals surface area contributed by atoms with Crippen LogP contribution in [0.15, 0.2) is 114 Å². The molecule has 0 radical (unpaired) electrons. The predicted octanol–water partition coefficient (Wildman–Crippen LogP) is 0.803. The molecule has 0 atom stereocenters. The Morgan fingerprint density at radius 2 is 0.556 bits per heavy atom. The van der Waals surface area contributed by atoms with Gasteiger partial charge in [-0.1, -0.05) is 0 Å². The first-order valence-electron chi connectivity index (χ1n) is 10.6. The number of fused-ring (bicyclic) bond motifs is 4. The van der Waals surface area contributed by atoms with Crippen molar-refractivity contribution < 1.29 is 0 Å². The second-order valence-electron chi connectivity index (χ2n) is 8.16. The molecule has 5 aliphatic rings. The van der Waals surface area contributed by atoms with Gasteiger partial charge in [-0.05, 0) is 48.6 Å². The second-order valence-corrected chi connectivity index (χ2v) is 8.16. The molecule has 0 unspecified atom stereocenters. The Morgan fingerprint density at radius 1 is 0.361 bits per heavy atom. The Hall–Kier alpha value is -5.52. The number of allylic oxidation sites excluding steroid dienone is 8. The monoisotopic (exact) mass is 476 g/mol. The van der Waals surface area contributed by atoms with E-state index in [-0.39, 0.29) is 91.3 Å². The second kappa shape index (κ2) is 8.06. The van der Waals surface area contributed by atoms with E-state index in [1.165, 1.54) is 48.6 Å². The molecule has 12 heteroatoms. The molecule has 5 rings (SSSR count). The highest BCUT2D eigenvalue weighted by atomic mass is 14.9. The zero-order valence-electron chi connectivity index (χ0n) is 18.7.